The number of nitrogens with one attached hydrogen (secondary N) is 1. The number of hydrogen-bond donors (Lipinski definition) is 3. The molecule has 0 aliphatic rings. The third-order valence-corrected chi connectivity index (χ3v) is 2.12. The van der Waals surface area contributed by atoms with Gasteiger partial charge in [-0.3, -0.25) is 5.43 Å². The second kappa shape index (κ2) is 4.62. The molecule has 0 aromatic heterocycles. The Morgan fingerprint density at radius 2 is 2.07 bits per heavy atom. The number of guanidine groups is 1. The average molecular weight is 192 g/mol. The smallest absolute Gasteiger partial charge is 0.203 e. The van der Waals surface area contributed by atoms with Gasteiger partial charge in [0.2, 0.25) is 5.96 Å². The van der Waals surface area contributed by atoms with Crippen LogP contribution in [0.15, 0.2) is 29.3 Å². The van der Waals surface area contributed by atoms with Crippen molar-refractivity contribution in [1.82, 2.24) is 5.43 Å². The van der Waals surface area contributed by atoms with Gasteiger partial charge >= 0.3 is 0 Å². The number of aryl methyl sites for hydroxylation is 1. The van der Waals surface area contributed by atoms with Gasteiger partial charge in [0.1, 0.15) is 0 Å². The highest BCUT2D eigenvalue weighted by molar-refractivity contribution is 5.77. The van der Waals surface area contributed by atoms with Gasteiger partial charge in [0.15, 0.2) is 0 Å². The Morgan fingerprint density at radius 3 is 2.64 bits per heavy atom. The summed E-state index contributed by atoms with van der Waals surface area (Å²) in [6.45, 7) is 4.03. The van der Waals surface area contributed by atoms with Gasteiger partial charge in [0.25, 0.3) is 0 Å². The van der Waals surface area contributed by atoms with Gasteiger partial charge in [-0.15, -0.1) is 0 Å². The Kier molecular flexibility index (Phi) is 3.48. The molecule has 5 N–H and O–H groups in total. The Hall–Kier alpha value is -1.55. The molecule has 1 unspecified atom stereocenters. The first-order valence-corrected chi connectivity index (χ1v) is 4.50. The second-order valence-corrected chi connectivity index (χ2v) is 3.19. The van der Waals surface area contributed by atoms with Crippen molar-refractivity contribution >= 4 is 5.96 Å². The average Bonchev–Trinajstić information content (AvgIpc) is 2.18. The molecular weight excluding hydrogens is 176 g/mol. The number of hydrazine groups is 1. The number of rotatable bonds is 2. The molecule has 14 heavy (non-hydrogen) atoms. The zero-order valence-corrected chi connectivity index (χ0v) is 8.49. The highest BCUT2D eigenvalue weighted by Crippen LogP contribution is 2.19. The fraction of sp³-hybridized carbons (Fsp3) is 0.300. The summed E-state index contributed by atoms with van der Waals surface area (Å²) in [6, 6.07) is 8.09. The fourth-order valence-corrected chi connectivity index (χ4v) is 1.37. The zero-order valence-electron chi connectivity index (χ0n) is 8.49. The molecule has 0 saturated carbocycles. The monoisotopic (exact) mass is 192 g/mol. The fourth-order valence-electron chi connectivity index (χ4n) is 1.37. The number of nitrogens with zero attached hydrogens (tertiary/aromatic N) is 1. The lowest BCUT2D eigenvalue weighted by Crippen LogP contribution is -2.37. The molecule has 0 spiro atoms. The van der Waals surface area contributed by atoms with Crippen LogP contribution in [0.3, 0.4) is 0 Å². The van der Waals surface area contributed by atoms with Crippen molar-refractivity contribution in [3.8, 4) is 0 Å². The molecule has 4 nitrogen and oxygen atoms in total. The number of benzene rings is 1. The number of aliphatic imine (C=N–C) groups is 1. The maximum absolute atomic E-state index is 5.48. The standard InChI is InChI=1S/C10H16N4/c1-7-5-3-4-6-9(7)8(2)13-10(11)14-12/h3-6,8H,12H2,1-2H3,(H3,11,13,14). The van der Waals surface area contributed by atoms with Gasteiger partial charge in [-0.25, -0.2) is 10.8 Å². The highest BCUT2D eigenvalue weighted by atomic mass is 15.3. The van der Waals surface area contributed by atoms with E-state index in [-0.39, 0.29) is 12.0 Å². The molecule has 0 fully saturated rings. The summed E-state index contributed by atoms with van der Waals surface area (Å²) in [5.41, 5.74) is 10.1. The maximum Gasteiger partial charge on any atom is 0.203 e. The molecule has 76 valence electrons. The minimum Gasteiger partial charge on any atom is -0.369 e. The molecule has 1 rings (SSSR count). The van der Waals surface area contributed by atoms with Gasteiger partial charge < -0.3 is 5.73 Å². The molecule has 0 bridgehead atoms. The van der Waals surface area contributed by atoms with E-state index in [1.165, 1.54) is 5.56 Å². The van der Waals surface area contributed by atoms with Gasteiger partial charge in [-0.2, -0.15) is 0 Å². The molecule has 0 aliphatic carbocycles. The van der Waals surface area contributed by atoms with E-state index in [4.69, 9.17) is 11.6 Å². The first-order valence-electron chi connectivity index (χ1n) is 4.50. The van der Waals surface area contributed by atoms with E-state index in [2.05, 4.69) is 10.4 Å². The van der Waals surface area contributed by atoms with Crippen molar-refractivity contribution in [1.29, 1.82) is 0 Å². The molecule has 0 amide bonds. The highest BCUT2D eigenvalue weighted by Gasteiger charge is 2.05. The quantitative estimate of drug-likeness (QED) is 0.281. The van der Waals surface area contributed by atoms with Crippen LogP contribution in [0.4, 0.5) is 0 Å². The van der Waals surface area contributed by atoms with E-state index in [0.29, 0.717) is 0 Å². The first-order chi connectivity index (χ1) is 6.65. The van der Waals surface area contributed by atoms with Crippen molar-refractivity contribution in [2.45, 2.75) is 19.9 Å². The van der Waals surface area contributed by atoms with E-state index < -0.39 is 0 Å². The van der Waals surface area contributed by atoms with Gasteiger partial charge in [-0.1, -0.05) is 24.3 Å². The lowest BCUT2D eigenvalue weighted by molar-refractivity contribution is 0.794. The molecule has 0 radical (unpaired) electrons. The van der Waals surface area contributed by atoms with Gasteiger partial charge in [-0.05, 0) is 25.0 Å². The Bertz CT molecular complexity index is 333. The summed E-state index contributed by atoms with van der Waals surface area (Å²) in [5.74, 6) is 5.38. The Morgan fingerprint density at radius 1 is 1.43 bits per heavy atom. The van der Waals surface area contributed by atoms with Crippen LogP contribution in [0.5, 0.6) is 0 Å². The van der Waals surface area contributed by atoms with E-state index in [9.17, 15) is 0 Å². The molecule has 0 aliphatic heterocycles. The summed E-state index contributed by atoms with van der Waals surface area (Å²) >= 11 is 0. The molecule has 1 atom stereocenters. The summed E-state index contributed by atoms with van der Waals surface area (Å²) in [5, 5.41) is 0. The Balaban J connectivity index is 2.90. The maximum atomic E-state index is 5.48. The van der Waals surface area contributed by atoms with Gasteiger partial charge in [0.05, 0.1) is 6.04 Å². The largest absolute Gasteiger partial charge is 0.369 e. The van der Waals surface area contributed by atoms with Crippen LogP contribution in [0.25, 0.3) is 0 Å². The van der Waals surface area contributed by atoms with Crippen LogP contribution in [0.2, 0.25) is 0 Å². The minimum atomic E-state index is 0.0206. The number of nitrogens with two attached hydrogens (primary N) is 2. The summed E-state index contributed by atoms with van der Waals surface area (Å²) in [6.07, 6.45) is 0. The second-order valence-electron chi connectivity index (χ2n) is 3.19. The van der Waals surface area contributed by atoms with E-state index in [0.717, 1.165) is 5.56 Å². The first kappa shape index (κ1) is 10.5. The molecular formula is C10H16N4. The predicted molar refractivity (Wildman–Crippen MR) is 58.5 cm³/mol. The molecule has 1 aromatic rings. The SMILES string of the molecule is Cc1ccccc1C(C)N=C(N)NN. The zero-order chi connectivity index (χ0) is 10.6. The summed E-state index contributed by atoms with van der Waals surface area (Å²) in [4.78, 5) is 4.18. The van der Waals surface area contributed by atoms with Gasteiger partial charge in [0, 0.05) is 0 Å². The molecule has 0 saturated heterocycles. The van der Waals surface area contributed by atoms with Crippen LogP contribution in [0, 0.1) is 6.92 Å². The van der Waals surface area contributed by atoms with Crippen molar-refractivity contribution < 1.29 is 0 Å². The summed E-state index contributed by atoms with van der Waals surface area (Å²) < 4.78 is 0. The van der Waals surface area contributed by atoms with Crippen molar-refractivity contribution in [3.63, 3.8) is 0 Å². The predicted octanol–water partition coefficient (Wildman–Crippen LogP) is 0.834. The van der Waals surface area contributed by atoms with E-state index in [1.807, 2.05) is 38.1 Å². The van der Waals surface area contributed by atoms with Crippen LogP contribution in [-0.4, -0.2) is 5.96 Å². The molecule has 4 heteroatoms. The number of hydrogen-bond acceptors (Lipinski definition) is 2. The van der Waals surface area contributed by atoms with Crippen LogP contribution in [-0.2, 0) is 0 Å². The van der Waals surface area contributed by atoms with Crippen molar-refractivity contribution in [2.24, 2.45) is 16.6 Å². The summed E-state index contributed by atoms with van der Waals surface area (Å²) in [7, 11) is 0. The van der Waals surface area contributed by atoms with Crippen LogP contribution >= 0.6 is 0 Å². The lowest BCUT2D eigenvalue weighted by atomic mass is 10.0. The van der Waals surface area contributed by atoms with Crippen LogP contribution in [0.1, 0.15) is 24.1 Å². The Labute approximate surface area is 84.0 Å². The molecule has 1 aromatic carbocycles. The molecule has 0 heterocycles. The lowest BCUT2D eigenvalue weighted by Gasteiger charge is -2.10. The third kappa shape index (κ3) is 2.47. The van der Waals surface area contributed by atoms with Crippen molar-refractivity contribution in [2.75, 3.05) is 0 Å². The third-order valence-electron chi connectivity index (χ3n) is 2.12. The topological polar surface area (TPSA) is 76.4 Å². The van der Waals surface area contributed by atoms with Crippen molar-refractivity contribution in [3.05, 3.63) is 35.4 Å². The van der Waals surface area contributed by atoms with E-state index in [1.54, 1.807) is 0 Å². The van der Waals surface area contributed by atoms with E-state index >= 15 is 0 Å². The van der Waals surface area contributed by atoms with Crippen LogP contribution < -0.4 is 17.0 Å². The minimum absolute atomic E-state index is 0.0206. The normalized spacial score (nSPS) is 13.8.